The largest absolute Gasteiger partial charge is 0.487 e. The number of hydrogen-bond donors (Lipinski definition) is 1. The Kier molecular flexibility index (Phi) is 3.46. The van der Waals surface area contributed by atoms with Crippen LogP contribution in [0.4, 0.5) is 0 Å². The molecule has 1 aliphatic carbocycles. The van der Waals surface area contributed by atoms with E-state index >= 15 is 0 Å². The first kappa shape index (κ1) is 12.2. The normalized spacial score (nSPS) is 14.6. The summed E-state index contributed by atoms with van der Waals surface area (Å²) in [5.41, 5.74) is 2.09. The van der Waals surface area contributed by atoms with Gasteiger partial charge in [0.05, 0.1) is 6.20 Å². The van der Waals surface area contributed by atoms with Crippen molar-refractivity contribution in [3.8, 4) is 5.75 Å². The first-order valence-electron chi connectivity index (χ1n) is 6.60. The lowest BCUT2D eigenvalue weighted by Gasteiger charge is -2.07. The van der Waals surface area contributed by atoms with Crippen LogP contribution < -0.4 is 10.1 Å². The lowest BCUT2D eigenvalue weighted by molar-refractivity contribution is 0.301. The monoisotopic (exact) mass is 258 g/mol. The van der Waals surface area contributed by atoms with E-state index < -0.39 is 0 Å². The number of benzene rings is 1. The van der Waals surface area contributed by atoms with Crippen molar-refractivity contribution in [1.82, 2.24) is 20.3 Å². The van der Waals surface area contributed by atoms with Gasteiger partial charge in [-0.1, -0.05) is 17.3 Å². The third-order valence-corrected chi connectivity index (χ3v) is 3.11. The molecule has 1 aliphatic rings. The number of aromatic nitrogens is 3. The fourth-order valence-corrected chi connectivity index (χ4v) is 1.91. The van der Waals surface area contributed by atoms with E-state index in [4.69, 9.17) is 4.74 Å². The molecule has 0 amide bonds. The van der Waals surface area contributed by atoms with Gasteiger partial charge in [0.15, 0.2) is 0 Å². The first-order valence-corrected chi connectivity index (χ1v) is 6.60. The molecule has 3 rings (SSSR count). The van der Waals surface area contributed by atoms with Gasteiger partial charge >= 0.3 is 0 Å². The Morgan fingerprint density at radius 3 is 3.05 bits per heavy atom. The Labute approximate surface area is 112 Å². The average molecular weight is 258 g/mol. The maximum atomic E-state index is 5.72. The molecule has 1 N–H and O–H groups in total. The Balaban J connectivity index is 1.55. The highest BCUT2D eigenvalue weighted by Gasteiger charge is 2.19. The number of hydrogen-bond acceptors (Lipinski definition) is 4. The highest BCUT2D eigenvalue weighted by atomic mass is 16.5. The van der Waals surface area contributed by atoms with E-state index in [2.05, 4.69) is 27.8 Å². The third kappa shape index (κ3) is 3.54. The van der Waals surface area contributed by atoms with Crippen molar-refractivity contribution in [2.75, 3.05) is 0 Å². The molecule has 0 aliphatic heterocycles. The molecule has 0 unspecified atom stereocenters. The van der Waals surface area contributed by atoms with Crippen LogP contribution in [0.2, 0.25) is 0 Å². The van der Waals surface area contributed by atoms with Crippen LogP contribution in [0.25, 0.3) is 0 Å². The van der Waals surface area contributed by atoms with Gasteiger partial charge in [-0.3, -0.25) is 4.68 Å². The van der Waals surface area contributed by atoms with Gasteiger partial charge in [-0.05, 0) is 30.5 Å². The zero-order valence-electron chi connectivity index (χ0n) is 11.0. The summed E-state index contributed by atoms with van der Waals surface area (Å²) in [6.45, 7) is 1.36. The van der Waals surface area contributed by atoms with E-state index in [0.29, 0.717) is 6.61 Å². The minimum atomic E-state index is 0.452. The Morgan fingerprint density at radius 2 is 2.32 bits per heavy atom. The molecular formula is C14H18N4O. The molecule has 1 saturated carbocycles. The van der Waals surface area contributed by atoms with Gasteiger partial charge in [-0.2, -0.15) is 0 Å². The van der Waals surface area contributed by atoms with Gasteiger partial charge in [0, 0.05) is 19.6 Å². The number of ether oxygens (including phenoxy) is 1. The Bertz CT molecular complexity index is 548. The molecule has 2 aromatic rings. The number of aryl methyl sites for hydroxylation is 1. The third-order valence-electron chi connectivity index (χ3n) is 3.11. The maximum Gasteiger partial charge on any atom is 0.134 e. The fraction of sp³-hybridized carbons (Fsp3) is 0.429. The van der Waals surface area contributed by atoms with E-state index in [-0.39, 0.29) is 0 Å². The van der Waals surface area contributed by atoms with Crippen molar-refractivity contribution in [3.63, 3.8) is 0 Å². The summed E-state index contributed by atoms with van der Waals surface area (Å²) in [4.78, 5) is 0. The van der Waals surface area contributed by atoms with Crippen molar-refractivity contribution < 1.29 is 4.74 Å². The summed E-state index contributed by atoms with van der Waals surface area (Å²) in [5, 5.41) is 11.4. The van der Waals surface area contributed by atoms with Gasteiger partial charge in [0.1, 0.15) is 18.1 Å². The molecule has 1 fully saturated rings. The SMILES string of the molecule is Cn1cc(COc2cccc(CNC3CC3)c2)nn1. The van der Waals surface area contributed by atoms with E-state index in [0.717, 1.165) is 24.0 Å². The van der Waals surface area contributed by atoms with Gasteiger partial charge in [-0.25, -0.2) is 0 Å². The zero-order chi connectivity index (χ0) is 13.1. The van der Waals surface area contributed by atoms with Crippen molar-refractivity contribution in [2.24, 2.45) is 7.05 Å². The van der Waals surface area contributed by atoms with Gasteiger partial charge in [0.2, 0.25) is 0 Å². The van der Waals surface area contributed by atoms with Crippen LogP contribution in [0.15, 0.2) is 30.5 Å². The molecule has 0 radical (unpaired) electrons. The second-order valence-corrected chi connectivity index (χ2v) is 4.97. The van der Waals surface area contributed by atoms with Crippen molar-refractivity contribution >= 4 is 0 Å². The van der Waals surface area contributed by atoms with Crippen LogP contribution >= 0.6 is 0 Å². The minimum absolute atomic E-state index is 0.452. The summed E-state index contributed by atoms with van der Waals surface area (Å²) < 4.78 is 7.40. The van der Waals surface area contributed by atoms with Crippen molar-refractivity contribution in [1.29, 1.82) is 0 Å². The van der Waals surface area contributed by atoms with Gasteiger partial charge < -0.3 is 10.1 Å². The van der Waals surface area contributed by atoms with Crippen LogP contribution in [-0.2, 0) is 20.2 Å². The predicted octanol–water partition coefficient (Wildman–Crippen LogP) is 1.65. The van der Waals surface area contributed by atoms with Gasteiger partial charge in [0.25, 0.3) is 0 Å². The molecule has 19 heavy (non-hydrogen) atoms. The molecule has 1 aromatic carbocycles. The molecule has 0 spiro atoms. The second-order valence-electron chi connectivity index (χ2n) is 4.97. The zero-order valence-corrected chi connectivity index (χ0v) is 11.0. The number of nitrogens with zero attached hydrogens (tertiary/aromatic N) is 3. The quantitative estimate of drug-likeness (QED) is 0.856. The van der Waals surface area contributed by atoms with Crippen molar-refractivity contribution in [2.45, 2.75) is 32.0 Å². The summed E-state index contributed by atoms with van der Waals surface area (Å²) in [5.74, 6) is 0.876. The van der Waals surface area contributed by atoms with Crippen LogP contribution in [0.3, 0.4) is 0 Å². The lowest BCUT2D eigenvalue weighted by atomic mass is 10.2. The average Bonchev–Trinajstić information content (AvgIpc) is 3.16. The summed E-state index contributed by atoms with van der Waals surface area (Å²) in [6.07, 6.45) is 4.48. The highest BCUT2D eigenvalue weighted by Crippen LogP contribution is 2.20. The molecular weight excluding hydrogens is 240 g/mol. The van der Waals surface area contributed by atoms with Crippen LogP contribution in [-0.4, -0.2) is 21.0 Å². The van der Waals surface area contributed by atoms with Gasteiger partial charge in [-0.15, -0.1) is 5.10 Å². The summed E-state index contributed by atoms with van der Waals surface area (Å²) in [7, 11) is 1.85. The molecule has 0 saturated heterocycles. The number of rotatable bonds is 6. The maximum absolute atomic E-state index is 5.72. The predicted molar refractivity (Wildman–Crippen MR) is 71.6 cm³/mol. The smallest absolute Gasteiger partial charge is 0.134 e. The standard InChI is InChI=1S/C14H18N4O/c1-18-9-13(16-17-18)10-19-14-4-2-3-11(7-14)8-15-12-5-6-12/h2-4,7,9,12,15H,5-6,8,10H2,1H3. The van der Waals surface area contributed by atoms with E-state index in [1.54, 1.807) is 4.68 Å². The Morgan fingerprint density at radius 1 is 1.42 bits per heavy atom. The number of nitrogens with one attached hydrogen (secondary N) is 1. The molecule has 1 aromatic heterocycles. The lowest BCUT2D eigenvalue weighted by Crippen LogP contribution is -2.15. The highest BCUT2D eigenvalue weighted by molar-refractivity contribution is 5.28. The molecule has 1 heterocycles. The fourth-order valence-electron chi connectivity index (χ4n) is 1.91. The Hall–Kier alpha value is -1.88. The molecule has 5 heteroatoms. The van der Waals surface area contributed by atoms with E-state index in [1.165, 1.54) is 18.4 Å². The van der Waals surface area contributed by atoms with Crippen LogP contribution in [0.5, 0.6) is 5.75 Å². The molecule has 5 nitrogen and oxygen atoms in total. The summed E-state index contributed by atoms with van der Waals surface area (Å²) in [6, 6.07) is 8.91. The minimum Gasteiger partial charge on any atom is -0.487 e. The van der Waals surface area contributed by atoms with Crippen molar-refractivity contribution in [3.05, 3.63) is 41.7 Å². The topological polar surface area (TPSA) is 52.0 Å². The van der Waals surface area contributed by atoms with E-state index in [1.807, 2.05) is 25.4 Å². The molecule has 100 valence electrons. The first-order chi connectivity index (χ1) is 9.29. The summed E-state index contributed by atoms with van der Waals surface area (Å²) >= 11 is 0. The molecule has 0 atom stereocenters. The van der Waals surface area contributed by atoms with E-state index in [9.17, 15) is 0 Å². The second kappa shape index (κ2) is 5.40. The van der Waals surface area contributed by atoms with Crippen LogP contribution in [0, 0.1) is 0 Å². The van der Waals surface area contributed by atoms with Crippen LogP contribution in [0.1, 0.15) is 24.1 Å². The molecule has 0 bridgehead atoms.